The lowest BCUT2D eigenvalue weighted by Crippen LogP contribution is -1.98. The van der Waals surface area contributed by atoms with E-state index in [0.29, 0.717) is 23.1 Å². The van der Waals surface area contributed by atoms with Gasteiger partial charge in [-0.3, -0.25) is 0 Å². The SMILES string of the molecule is COc1ccc(-c2ncccn2)c(OC)c1OC. The van der Waals surface area contributed by atoms with Gasteiger partial charge in [-0.2, -0.15) is 0 Å². The van der Waals surface area contributed by atoms with Crippen LogP contribution in [-0.4, -0.2) is 31.3 Å². The standard InChI is InChI=1S/C13H14N2O3/c1-16-10-6-5-9(11(17-2)12(10)18-3)13-14-7-4-8-15-13/h4-8H,1-3H3. The van der Waals surface area contributed by atoms with Crippen molar-refractivity contribution in [3.63, 3.8) is 0 Å². The molecule has 94 valence electrons. The lowest BCUT2D eigenvalue weighted by molar-refractivity contribution is 0.325. The number of ether oxygens (including phenoxy) is 3. The molecule has 0 amide bonds. The summed E-state index contributed by atoms with van der Waals surface area (Å²) in [5.41, 5.74) is 0.760. The second kappa shape index (κ2) is 5.35. The summed E-state index contributed by atoms with van der Waals surface area (Å²) in [6.45, 7) is 0. The first-order valence-corrected chi connectivity index (χ1v) is 5.38. The van der Waals surface area contributed by atoms with Gasteiger partial charge in [-0.1, -0.05) is 0 Å². The normalized spacial score (nSPS) is 9.94. The fourth-order valence-electron chi connectivity index (χ4n) is 1.72. The van der Waals surface area contributed by atoms with Crippen LogP contribution in [0.25, 0.3) is 11.4 Å². The minimum Gasteiger partial charge on any atom is -0.493 e. The molecule has 1 aromatic heterocycles. The van der Waals surface area contributed by atoms with Crippen LogP contribution in [0.2, 0.25) is 0 Å². The number of methoxy groups -OCH3 is 3. The Morgan fingerprint density at radius 1 is 0.833 bits per heavy atom. The first-order valence-electron chi connectivity index (χ1n) is 5.38. The summed E-state index contributed by atoms with van der Waals surface area (Å²) in [7, 11) is 4.72. The maximum absolute atomic E-state index is 5.38. The van der Waals surface area contributed by atoms with Crippen molar-refractivity contribution in [2.75, 3.05) is 21.3 Å². The maximum atomic E-state index is 5.38. The van der Waals surface area contributed by atoms with Crippen LogP contribution in [0.15, 0.2) is 30.6 Å². The smallest absolute Gasteiger partial charge is 0.204 e. The van der Waals surface area contributed by atoms with Crippen LogP contribution in [0.1, 0.15) is 0 Å². The second-order valence-corrected chi connectivity index (χ2v) is 3.45. The summed E-state index contributed by atoms with van der Waals surface area (Å²) in [6, 6.07) is 5.40. The predicted octanol–water partition coefficient (Wildman–Crippen LogP) is 2.17. The molecule has 2 aromatic rings. The van der Waals surface area contributed by atoms with Crippen LogP contribution < -0.4 is 14.2 Å². The summed E-state index contributed by atoms with van der Waals surface area (Å²) in [6.07, 6.45) is 3.36. The number of aromatic nitrogens is 2. The van der Waals surface area contributed by atoms with Crippen molar-refractivity contribution in [2.24, 2.45) is 0 Å². The van der Waals surface area contributed by atoms with E-state index >= 15 is 0 Å². The number of benzene rings is 1. The van der Waals surface area contributed by atoms with E-state index in [0.717, 1.165) is 5.56 Å². The monoisotopic (exact) mass is 246 g/mol. The quantitative estimate of drug-likeness (QED) is 0.827. The highest BCUT2D eigenvalue weighted by molar-refractivity contribution is 5.72. The minimum absolute atomic E-state index is 0.532. The highest BCUT2D eigenvalue weighted by Gasteiger charge is 2.18. The highest BCUT2D eigenvalue weighted by atomic mass is 16.5. The van der Waals surface area contributed by atoms with Crippen molar-refractivity contribution >= 4 is 0 Å². The van der Waals surface area contributed by atoms with Crippen molar-refractivity contribution in [3.8, 4) is 28.6 Å². The van der Waals surface area contributed by atoms with Crippen molar-refractivity contribution in [1.29, 1.82) is 0 Å². The summed E-state index contributed by atoms with van der Waals surface area (Å²) < 4.78 is 15.9. The Kier molecular flexibility index (Phi) is 3.62. The van der Waals surface area contributed by atoms with E-state index in [9.17, 15) is 0 Å². The Hall–Kier alpha value is -2.30. The molecular formula is C13H14N2O3. The van der Waals surface area contributed by atoms with Gasteiger partial charge in [-0.05, 0) is 18.2 Å². The Labute approximate surface area is 105 Å². The number of hydrogen-bond acceptors (Lipinski definition) is 5. The fourth-order valence-corrected chi connectivity index (χ4v) is 1.72. The van der Waals surface area contributed by atoms with E-state index in [1.54, 1.807) is 45.9 Å². The largest absolute Gasteiger partial charge is 0.493 e. The second-order valence-electron chi connectivity index (χ2n) is 3.45. The lowest BCUT2D eigenvalue weighted by Gasteiger charge is -2.14. The molecule has 18 heavy (non-hydrogen) atoms. The topological polar surface area (TPSA) is 53.5 Å². The van der Waals surface area contributed by atoms with E-state index in [1.165, 1.54) is 0 Å². The molecule has 0 unspecified atom stereocenters. The lowest BCUT2D eigenvalue weighted by atomic mass is 10.1. The molecule has 5 heteroatoms. The molecule has 5 nitrogen and oxygen atoms in total. The van der Waals surface area contributed by atoms with E-state index in [4.69, 9.17) is 14.2 Å². The number of hydrogen-bond donors (Lipinski definition) is 0. The van der Waals surface area contributed by atoms with Crippen molar-refractivity contribution in [1.82, 2.24) is 9.97 Å². The van der Waals surface area contributed by atoms with Gasteiger partial charge in [0.2, 0.25) is 5.75 Å². The molecule has 0 aliphatic carbocycles. The van der Waals surface area contributed by atoms with Crippen LogP contribution in [0.4, 0.5) is 0 Å². The molecule has 0 saturated heterocycles. The zero-order chi connectivity index (χ0) is 13.0. The Morgan fingerprint density at radius 3 is 2.06 bits per heavy atom. The van der Waals surface area contributed by atoms with E-state index in [-0.39, 0.29) is 0 Å². The summed E-state index contributed by atoms with van der Waals surface area (Å²) in [4.78, 5) is 8.40. The van der Waals surface area contributed by atoms with Gasteiger partial charge < -0.3 is 14.2 Å². The predicted molar refractivity (Wildman–Crippen MR) is 67.1 cm³/mol. The third-order valence-corrected chi connectivity index (χ3v) is 2.51. The molecule has 0 saturated carbocycles. The summed E-state index contributed by atoms with van der Waals surface area (Å²) in [5, 5.41) is 0. The molecule has 0 fully saturated rings. The van der Waals surface area contributed by atoms with E-state index in [2.05, 4.69) is 9.97 Å². The zero-order valence-electron chi connectivity index (χ0n) is 10.5. The molecule has 0 radical (unpaired) electrons. The minimum atomic E-state index is 0.532. The average Bonchev–Trinajstić information content (AvgIpc) is 2.46. The molecule has 2 rings (SSSR count). The molecular weight excluding hydrogens is 232 g/mol. The van der Waals surface area contributed by atoms with Crippen LogP contribution in [0.5, 0.6) is 17.2 Å². The van der Waals surface area contributed by atoms with E-state index < -0.39 is 0 Å². The fraction of sp³-hybridized carbons (Fsp3) is 0.231. The van der Waals surface area contributed by atoms with Crippen molar-refractivity contribution < 1.29 is 14.2 Å². The number of rotatable bonds is 4. The highest BCUT2D eigenvalue weighted by Crippen LogP contribution is 2.43. The zero-order valence-corrected chi connectivity index (χ0v) is 10.5. The van der Waals surface area contributed by atoms with Crippen LogP contribution in [0.3, 0.4) is 0 Å². The average molecular weight is 246 g/mol. The molecule has 0 aliphatic heterocycles. The first kappa shape index (κ1) is 12.2. The molecule has 0 atom stereocenters. The molecule has 0 spiro atoms. The first-order chi connectivity index (χ1) is 8.81. The third-order valence-electron chi connectivity index (χ3n) is 2.51. The van der Waals surface area contributed by atoms with Gasteiger partial charge in [0, 0.05) is 12.4 Å². The van der Waals surface area contributed by atoms with Gasteiger partial charge in [0.1, 0.15) is 0 Å². The molecule has 0 N–H and O–H groups in total. The Morgan fingerprint density at radius 2 is 1.50 bits per heavy atom. The van der Waals surface area contributed by atoms with Gasteiger partial charge >= 0.3 is 0 Å². The van der Waals surface area contributed by atoms with Crippen molar-refractivity contribution in [3.05, 3.63) is 30.6 Å². The van der Waals surface area contributed by atoms with Gasteiger partial charge in [0.25, 0.3) is 0 Å². The van der Waals surface area contributed by atoms with Gasteiger partial charge in [0.15, 0.2) is 17.3 Å². The molecule has 0 aliphatic rings. The van der Waals surface area contributed by atoms with Crippen LogP contribution in [0, 0.1) is 0 Å². The molecule has 1 heterocycles. The van der Waals surface area contributed by atoms with Crippen LogP contribution >= 0.6 is 0 Å². The molecule has 0 bridgehead atoms. The van der Waals surface area contributed by atoms with Crippen LogP contribution in [-0.2, 0) is 0 Å². The Bertz CT molecular complexity index is 529. The van der Waals surface area contributed by atoms with Gasteiger partial charge in [-0.15, -0.1) is 0 Å². The van der Waals surface area contributed by atoms with Crippen molar-refractivity contribution in [2.45, 2.75) is 0 Å². The Balaban J connectivity index is 2.62. The third kappa shape index (κ3) is 2.07. The molecule has 1 aromatic carbocycles. The summed E-state index contributed by atoms with van der Waals surface area (Å²) in [5.74, 6) is 2.28. The van der Waals surface area contributed by atoms with Gasteiger partial charge in [-0.25, -0.2) is 9.97 Å². The van der Waals surface area contributed by atoms with Gasteiger partial charge in [0.05, 0.1) is 26.9 Å². The van der Waals surface area contributed by atoms with E-state index in [1.807, 2.05) is 6.07 Å². The number of nitrogens with zero attached hydrogens (tertiary/aromatic N) is 2. The maximum Gasteiger partial charge on any atom is 0.204 e. The summed E-state index contributed by atoms with van der Waals surface area (Å²) >= 11 is 0.